The van der Waals surface area contributed by atoms with Gasteiger partial charge in [0.25, 0.3) is 0 Å². The molecule has 10 aromatic carbocycles. The normalized spacial score (nSPS) is 11.8. The molecule has 0 aliphatic heterocycles. The zero-order chi connectivity index (χ0) is 42.1. The van der Waals surface area contributed by atoms with Crippen molar-refractivity contribution in [3.8, 4) is 62.1 Å². The maximum Gasteiger partial charge on any atom is 0.164 e. The summed E-state index contributed by atoms with van der Waals surface area (Å²) in [5, 5.41) is 10.1. The number of hydrogen-bond donors (Lipinski definition) is 0. The van der Waals surface area contributed by atoms with Gasteiger partial charge in [-0.25, -0.2) is 15.0 Å². The first-order valence-corrected chi connectivity index (χ1v) is 22.4. The average molecular weight is 833 g/mol. The molecule has 3 aromatic heterocycles. The molecular formula is C59H36N4S. The Bertz CT molecular complexity index is 3900. The van der Waals surface area contributed by atoms with Gasteiger partial charge in [0.1, 0.15) is 0 Å². The van der Waals surface area contributed by atoms with Gasteiger partial charge in [0.05, 0.1) is 11.0 Å². The van der Waals surface area contributed by atoms with E-state index in [0.29, 0.717) is 17.5 Å². The van der Waals surface area contributed by atoms with Gasteiger partial charge in [-0.3, -0.25) is 0 Å². The number of fused-ring (bicyclic) bond motifs is 9. The molecule has 13 rings (SSSR count). The summed E-state index contributed by atoms with van der Waals surface area (Å²) in [5.41, 5.74) is 10.9. The predicted octanol–water partition coefficient (Wildman–Crippen LogP) is 16.0. The van der Waals surface area contributed by atoms with E-state index in [9.17, 15) is 0 Å². The van der Waals surface area contributed by atoms with Crippen LogP contribution in [-0.4, -0.2) is 19.5 Å². The molecule has 0 radical (unpaired) electrons. The SMILES string of the molecule is c1ccc(-c2nc(-c3ccccc3)nc(-c3cccc(-c4cccc(-n5c6ccc(-c7cc8sc9ccccc9c8c8ccccc78)cc6c6cc7ccccc7cc65)c4)c3)n2)cc1. The van der Waals surface area contributed by atoms with Crippen molar-refractivity contribution in [3.63, 3.8) is 0 Å². The molecule has 0 aliphatic rings. The first kappa shape index (κ1) is 36.4. The van der Waals surface area contributed by atoms with Crippen molar-refractivity contribution in [1.29, 1.82) is 0 Å². The molecule has 0 saturated carbocycles. The Balaban J connectivity index is 0.966. The molecule has 64 heavy (non-hydrogen) atoms. The second-order valence-corrected chi connectivity index (χ2v) is 17.5. The van der Waals surface area contributed by atoms with Crippen molar-refractivity contribution in [1.82, 2.24) is 19.5 Å². The lowest BCUT2D eigenvalue weighted by atomic mass is 9.94. The van der Waals surface area contributed by atoms with Crippen LogP contribution in [0.1, 0.15) is 0 Å². The topological polar surface area (TPSA) is 43.6 Å². The van der Waals surface area contributed by atoms with Gasteiger partial charge in [-0.1, -0.05) is 164 Å². The number of hydrogen-bond acceptors (Lipinski definition) is 4. The lowest BCUT2D eigenvalue weighted by molar-refractivity contribution is 1.07. The third-order valence-corrected chi connectivity index (χ3v) is 13.7. The van der Waals surface area contributed by atoms with Gasteiger partial charge >= 0.3 is 0 Å². The van der Waals surface area contributed by atoms with Crippen LogP contribution in [0, 0.1) is 0 Å². The van der Waals surface area contributed by atoms with E-state index in [1.165, 1.54) is 74.6 Å². The Morgan fingerprint density at radius 2 is 0.875 bits per heavy atom. The minimum Gasteiger partial charge on any atom is -0.309 e. The van der Waals surface area contributed by atoms with Gasteiger partial charge in [-0.05, 0) is 98.4 Å². The third-order valence-electron chi connectivity index (χ3n) is 12.6. The van der Waals surface area contributed by atoms with E-state index in [-0.39, 0.29) is 0 Å². The Labute approximate surface area is 373 Å². The molecule has 13 aromatic rings. The van der Waals surface area contributed by atoms with Gasteiger partial charge < -0.3 is 4.57 Å². The van der Waals surface area contributed by atoms with Crippen molar-refractivity contribution in [2.45, 2.75) is 0 Å². The molecule has 0 N–H and O–H groups in total. The standard InChI is InChI=1S/C59H36N4S/c1-3-15-37(16-4-1)57-60-58(38-17-5-2-6-18-38)62-59(61-57)44-23-13-21-39(31-44)40-22-14-24-45(32-40)63-52-30-29-43(34-50(52)51-33-41-19-7-8-20-42(41)35-53(51)63)49-36-55-56(47-26-10-9-25-46(47)49)48-27-11-12-28-54(48)64-55/h1-36H. The minimum atomic E-state index is 0.634. The van der Waals surface area contributed by atoms with Crippen LogP contribution >= 0.6 is 11.3 Å². The summed E-state index contributed by atoms with van der Waals surface area (Å²) < 4.78 is 5.07. The maximum absolute atomic E-state index is 5.03. The zero-order valence-corrected chi connectivity index (χ0v) is 35.3. The highest BCUT2D eigenvalue weighted by Crippen LogP contribution is 2.44. The van der Waals surface area contributed by atoms with Crippen LogP contribution in [0.3, 0.4) is 0 Å². The summed E-state index contributed by atoms with van der Waals surface area (Å²) in [5.74, 6) is 1.93. The Morgan fingerprint density at radius 3 is 1.62 bits per heavy atom. The Hall–Kier alpha value is -8.25. The fraction of sp³-hybridized carbons (Fsp3) is 0. The molecule has 4 nitrogen and oxygen atoms in total. The lowest BCUT2D eigenvalue weighted by Crippen LogP contribution is -2.00. The summed E-state index contributed by atoms with van der Waals surface area (Å²) in [4.78, 5) is 15.0. The lowest BCUT2D eigenvalue weighted by Gasteiger charge is -2.13. The number of rotatable bonds is 6. The molecule has 0 aliphatic carbocycles. The van der Waals surface area contributed by atoms with Crippen molar-refractivity contribution in [3.05, 3.63) is 218 Å². The van der Waals surface area contributed by atoms with Crippen LogP contribution in [0.2, 0.25) is 0 Å². The van der Waals surface area contributed by atoms with Gasteiger partial charge in [0.15, 0.2) is 17.5 Å². The molecule has 0 unspecified atom stereocenters. The highest BCUT2D eigenvalue weighted by atomic mass is 32.1. The van der Waals surface area contributed by atoms with Gasteiger partial charge in [0.2, 0.25) is 0 Å². The van der Waals surface area contributed by atoms with E-state index in [2.05, 4.69) is 162 Å². The predicted molar refractivity (Wildman–Crippen MR) is 269 cm³/mol. The molecule has 0 atom stereocenters. The van der Waals surface area contributed by atoms with E-state index < -0.39 is 0 Å². The largest absolute Gasteiger partial charge is 0.309 e. The van der Waals surface area contributed by atoms with Crippen LogP contribution in [0.5, 0.6) is 0 Å². The van der Waals surface area contributed by atoms with Crippen molar-refractivity contribution in [2.24, 2.45) is 0 Å². The second-order valence-electron chi connectivity index (χ2n) is 16.4. The number of benzene rings is 10. The first-order chi connectivity index (χ1) is 31.7. The van der Waals surface area contributed by atoms with Crippen LogP contribution in [0.4, 0.5) is 0 Å². The van der Waals surface area contributed by atoms with Crippen LogP contribution in [0.15, 0.2) is 218 Å². The van der Waals surface area contributed by atoms with Gasteiger partial charge in [0, 0.05) is 53.3 Å². The molecule has 0 bridgehead atoms. The van der Waals surface area contributed by atoms with E-state index in [1.807, 2.05) is 72.0 Å². The van der Waals surface area contributed by atoms with Crippen molar-refractivity contribution in [2.75, 3.05) is 0 Å². The average Bonchev–Trinajstić information content (AvgIpc) is 3.91. The number of thiophene rings is 1. The Morgan fingerprint density at radius 1 is 0.312 bits per heavy atom. The van der Waals surface area contributed by atoms with Crippen LogP contribution in [-0.2, 0) is 0 Å². The van der Waals surface area contributed by atoms with E-state index in [0.717, 1.165) is 33.5 Å². The number of aromatic nitrogens is 4. The monoisotopic (exact) mass is 832 g/mol. The maximum atomic E-state index is 5.03. The summed E-state index contributed by atoms with van der Waals surface area (Å²) in [6.07, 6.45) is 0. The highest BCUT2D eigenvalue weighted by Gasteiger charge is 2.19. The van der Waals surface area contributed by atoms with Crippen molar-refractivity contribution >= 4 is 74.9 Å². The smallest absolute Gasteiger partial charge is 0.164 e. The second kappa shape index (κ2) is 14.7. The van der Waals surface area contributed by atoms with Crippen LogP contribution in [0.25, 0.3) is 126 Å². The summed E-state index contributed by atoms with van der Waals surface area (Å²) >= 11 is 1.88. The van der Waals surface area contributed by atoms with Gasteiger partial charge in [-0.2, -0.15) is 0 Å². The van der Waals surface area contributed by atoms with Gasteiger partial charge in [-0.15, -0.1) is 11.3 Å². The zero-order valence-electron chi connectivity index (χ0n) is 34.5. The summed E-state index contributed by atoms with van der Waals surface area (Å²) in [6.45, 7) is 0. The summed E-state index contributed by atoms with van der Waals surface area (Å²) in [6, 6.07) is 78.3. The molecular weight excluding hydrogens is 797 g/mol. The molecule has 0 spiro atoms. The van der Waals surface area contributed by atoms with E-state index in [4.69, 9.17) is 15.0 Å². The molecule has 3 heterocycles. The van der Waals surface area contributed by atoms with E-state index in [1.54, 1.807) is 0 Å². The van der Waals surface area contributed by atoms with E-state index >= 15 is 0 Å². The van der Waals surface area contributed by atoms with Crippen molar-refractivity contribution < 1.29 is 0 Å². The fourth-order valence-corrected chi connectivity index (χ4v) is 10.7. The quantitative estimate of drug-likeness (QED) is 0.168. The molecule has 0 amide bonds. The Kier molecular flexibility index (Phi) is 8.36. The summed E-state index contributed by atoms with van der Waals surface area (Å²) in [7, 11) is 0. The first-order valence-electron chi connectivity index (χ1n) is 21.6. The molecule has 0 saturated heterocycles. The molecule has 0 fully saturated rings. The minimum absolute atomic E-state index is 0.634. The molecule has 5 heteroatoms. The van der Waals surface area contributed by atoms with Crippen LogP contribution < -0.4 is 0 Å². The third kappa shape index (κ3) is 6.01. The molecule has 298 valence electrons. The highest BCUT2D eigenvalue weighted by molar-refractivity contribution is 7.26. The fourth-order valence-electron chi connectivity index (χ4n) is 9.58. The number of nitrogens with zero attached hydrogens (tertiary/aromatic N) is 4.